The van der Waals surface area contributed by atoms with Gasteiger partial charge in [0.15, 0.2) is 5.03 Å². The molecule has 8 heteroatoms. The SMILES string of the molecule is CCc1ncc(S(=O)(=O)N[C@H](C(=O)O)C(C)C)[nH]1. The summed E-state index contributed by atoms with van der Waals surface area (Å²) in [5.74, 6) is -1.03. The Morgan fingerprint density at radius 1 is 1.56 bits per heavy atom. The number of carbonyl (C=O) groups is 1. The Morgan fingerprint density at radius 3 is 2.56 bits per heavy atom. The van der Waals surface area contributed by atoms with Crippen molar-refractivity contribution in [3.8, 4) is 0 Å². The molecule has 0 aromatic carbocycles. The average Bonchev–Trinajstić information content (AvgIpc) is 2.74. The summed E-state index contributed by atoms with van der Waals surface area (Å²) in [6.07, 6.45) is 1.75. The van der Waals surface area contributed by atoms with Crippen molar-refractivity contribution in [3.05, 3.63) is 12.0 Å². The van der Waals surface area contributed by atoms with Crippen molar-refractivity contribution in [2.24, 2.45) is 5.92 Å². The van der Waals surface area contributed by atoms with E-state index in [1.807, 2.05) is 6.92 Å². The predicted octanol–water partition coefficient (Wildman–Crippen LogP) is 0.360. The fourth-order valence-electron chi connectivity index (χ4n) is 1.36. The lowest BCUT2D eigenvalue weighted by Crippen LogP contribution is -2.44. The topological polar surface area (TPSA) is 112 Å². The molecule has 0 fully saturated rings. The molecule has 0 amide bonds. The van der Waals surface area contributed by atoms with E-state index in [-0.39, 0.29) is 10.9 Å². The molecule has 1 heterocycles. The molecule has 102 valence electrons. The second-order valence-corrected chi connectivity index (χ2v) is 5.91. The fraction of sp³-hybridized carbons (Fsp3) is 0.600. The summed E-state index contributed by atoms with van der Waals surface area (Å²) < 4.78 is 26.0. The number of aliphatic carboxylic acids is 1. The van der Waals surface area contributed by atoms with E-state index in [4.69, 9.17) is 5.11 Å². The number of hydrogen-bond donors (Lipinski definition) is 3. The highest BCUT2D eigenvalue weighted by Gasteiger charge is 2.28. The van der Waals surface area contributed by atoms with Gasteiger partial charge in [-0.3, -0.25) is 4.79 Å². The summed E-state index contributed by atoms with van der Waals surface area (Å²) in [4.78, 5) is 17.5. The van der Waals surface area contributed by atoms with E-state index in [0.29, 0.717) is 12.2 Å². The molecule has 1 aromatic rings. The van der Waals surface area contributed by atoms with Gasteiger partial charge in [-0.25, -0.2) is 13.4 Å². The molecular weight excluding hydrogens is 258 g/mol. The lowest BCUT2D eigenvalue weighted by atomic mass is 10.1. The van der Waals surface area contributed by atoms with Gasteiger partial charge < -0.3 is 10.1 Å². The van der Waals surface area contributed by atoms with E-state index in [2.05, 4.69) is 14.7 Å². The van der Waals surface area contributed by atoms with E-state index in [1.54, 1.807) is 13.8 Å². The molecule has 1 atom stereocenters. The summed E-state index contributed by atoms with van der Waals surface area (Å²) in [6.45, 7) is 5.09. The maximum atomic E-state index is 11.9. The van der Waals surface area contributed by atoms with Gasteiger partial charge in [0.1, 0.15) is 11.9 Å². The molecule has 0 bridgehead atoms. The van der Waals surface area contributed by atoms with Crippen LogP contribution in [0.5, 0.6) is 0 Å². The van der Waals surface area contributed by atoms with Crippen molar-refractivity contribution in [1.29, 1.82) is 0 Å². The monoisotopic (exact) mass is 275 g/mol. The lowest BCUT2D eigenvalue weighted by Gasteiger charge is -2.17. The van der Waals surface area contributed by atoms with Crippen LogP contribution in [0.1, 0.15) is 26.6 Å². The van der Waals surface area contributed by atoms with Crippen LogP contribution >= 0.6 is 0 Å². The smallest absolute Gasteiger partial charge is 0.322 e. The fourth-order valence-corrected chi connectivity index (χ4v) is 2.64. The number of aromatic amines is 1. The number of carboxylic acids is 1. The van der Waals surface area contributed by atoms with Crippen LogP contribution in [0.2, 0.25) is 0 Å². The van der Waals surface area contributed by atoms with Crippen LogP contribution in [0, 0.1) is 5.92 Å². The number of H-pyrrole nitrogens is 1. The van der Waals surface area contributed by atoms with Crippen LogP contribution in [-0.2, 0) is 21.2 Å². The number of imidazole rings is 1. The molecule has 18 heavy (non-hydrogen) atoms. The van der Waals surface area contributed by atoms with E-state index in [0.717, 1.165) is 0 Å². The van der Waals surface area contributed by atoms with Crippen LogP contribution in [0.25, 0.3) is 0 Å². The minimum atomic E-state index is -3.89. The maximum Gasteiger partial charge on any atom is 0.322 e. The quantitative estimate of drug-likeness (QED) is 0.694. The highest BCUT2D eigenvalue weighted by atomic mass is 32.2. The molecule has 0 aliphatic carbocycles. The Hall–Kier alpha value is -1.41. The lowest BCUT2D eigenvalue weighted by molar-refractivity contribution is -0.140. The molecule has 0 aliphatic rings. The van der Waals surface area contributed by atoms with Gasteiger partial charge in [-0.15, -0.1) is 0 Å². The van der Waals surface area contributed by atoms with Gasteiger partial charge in [0.25, 0.3) is 10.0 Å². The Morgan fingerprint density at radius 2 is 2.17 bits per heavy atom. The van der Waals surface area contributed by atoms with Crippen LogP contribution in [-0.4, -0.2) is 35.5 Å². The van der Waals surface area contributed by atoms with Crippen LogP contribution in [0.3, 0.4) is 0 Å². The number of rotatable bonds is 6. The van der Waals surface area contributed by atoms with Crippen molar-refractivity contribution >= 4 is 16.0 Å². The van der Waals surface area contributed by atoms with Crippen molar-refractivity contribution in [3.63, 3.8) is 0 Å². The Labute approximate surface area is 106 Å². The molecule has 0 unspecified atom stereocenters. The standard InChI is InChI=1S/C10H17N3O4S/c1-4-7-11-5-8(12-7)18(16,17)13-9(6(2)3)10(14)15/h5-6,9,13H,4H2,1-3H3,(H,11,12)(H,14,15)/t9-/m0/s1. The van der Waals surface area contributed by atoms with Gasteiger partial charge in [0.05, 0.1) is 6.20 Å². The van der Waals surface area contributed by atoms with Crippen LogP contribution in [0.15, 0.2) is 11.2 Å². The van der Waals surface area contributed by atoms with E-state index >= 15 is 0 Å². The zero-order valence-corrected chi connectivity index (χ0v) is 11.3. The number of carboxylic acid groups (broad SMARTS) is 1. The third-order valence-corrected chi connectivity index (χ3v) is 3.80. The summed E-state index contributed by atoms with van der Waals surface area (Å²) in [5.41, 5.74) is 0. The minimum Gasteiger partial charge on any atom is -0.480 e. The van der Waals surface area contributed by atoms with Crippen molar-refractivity contribution in [2.75, 3.05) is 0 Å². The highest BCUT2D eigenvalue weighted by Crippen LogP contribution is 2.10. The number of hydrogen-bond acceptors (Lipinski definition) is 4. The van der Waals surface area contributed by atoms with E-state index < -0.39 is 22.0 Å². The number of aryl methyl sites for hydroxylation is 1. The molecule has 0 radical (unpaired) electrons. The summed E-state index contributed by atoms with van der Waals surface area (Å²) in [6, 6.07) is -1.16. The van der Waals surface area contributed by atoms with Gasteiger partial charge in [0.2, 0.25) is 0 Å². The van der Waals surface area contributed by atoms with Gasteiger partial charge >= 0.3 is 5.97 Å². The second-order valence-electron chi connectivity index (χ2n) is 4.23. The third-order valence-electron chi connectivity index (χ3n) is 2.44. The minimum absolute atomic E-state index is 0.119. The predicted molar refractivity (Wildman–Crippen MR) is 64.5 cm³/mol. The Kier molecular flexibility index (Phi) is 4.47. The molecule has 7 nitrogen and oxygen atoms in total. The number of nitrogens with zero attached hydrogens (tertiary/aromatic N) is 1. The third kappa shape index (κ3) is 3.30. The zero-order valence-electron chi connectivity index (χ0n) is 10.5. The van der Waals surface area contributed by atoms with Crippen molar-refractivity contribution in [1.82, 2.24) is 14.7 Å². The zero-order chi connectivity index (χ0) is 13.9. The molecule has 0 saturated carbocycles. The first-order valence-corrected chi connectivity index (χ1v) is 7.05. The van der Waals surface area contributed by atoms with E-state index in [1.165, 1.54) is 6.20 Å². The maximum absolute atomic E-state index is 11.9. The van der Waals surface area contributed by atoms with Crippen LogP contribution in [0.4, 0.5) is 0 Å². The van der Waals surface area contributed by atoms with E-state index in [9.17, 15) is 13.2 Å². The normalized spacial score (nSPS) is 13.8. The summed E-state index contributed by atoms with van der Waals surface area (Å²) in [5, 5.41) is 8.83. The molecule has 0 saturated heterocycles. The first kappa shape index (κ1) is 14.7. The van der Waals surface area contributed by atoms with Crippen molar-refractivity contribution < 1.29 is 18.3 Å². The van der Waals surface area contributed by atoms with Crippen molar-refractivity contribution in [2.45, 2.75) is 38.3 Å². The van der Waals surface area contributed by atoms with Crippen LogP contribution < -0.4 is 4.72 Å². The summed E-state index contributed by atoms with van der Waals surface area (Å²) in [7, 11) is -3.89. The largest absolute Gasteiger partial charge is 0.480 e. The Balaban J connectivity index is 2.96. The molecule has 3 N–H and O–H groups in total. The first-order valence-electron chi connectivity index (χ1n) is 5.57. The average molecular weight is 275 g/mol. The molecular formula is C10H17N3O4S. The molecule has 1 aromatic heterocycles. The molecule has 0 aliphatic heterocycles. The molecule has 0 spiro atoms. The number of sulfonamides is 1. The van der Waals surface area contributed by atoms with Gasteiger partial charge in [-0.05, 0) is 5.92 Å². The number of nitrogens with one attached hydrogen (secondary N) is 2. The van der Waals surface area contributed by atoms with Gasteiger partial charge in [-0.1, -0.05) is 20.8 Å². The molecule has 1 rings (SSSR count). The first-order chi connectivity index (χ1) is 8.27. The second kappa shape index (κ2) is 5.49. The Bertz CT molecular complexity index is 521. The number of aromatic nitrogens is 2. The summed E-state index contributed by atoms with van der Waals surface area (Å²) >= 11 is 0. The van der Waals surface area contributed by atoms with Gasteiger partial charge in [0, 0.05) is 6.42 Å². The highest BCUT2D eigenvalue weighted by molar-refractivity contribution is 7.89. The van der Waals surface area contributed by atoms with Gasteiger partial charge in [-0.2, -0.15) is 4.72 Å².